The van der Waals surface area contributed by atoms with Crippen molar-refractivity contribution >= 4 is 5.91 Å². The van der Waals surface area contributed by atoms with Crippen LogP contribution in [0, 0.1) is 5.92 Å². The Bertz CT molecular complexity index is 761. The zero-order valence-corrected chi connectivity index (χ0v) is 17.0. The van der Waals surface area contributed by atoms with Gasteiger partial charge in [0.25, 0.3) is 0 Å². The summed E-state index contributed by atoms with van der Waals surface area (Å²) in [6.45, 7) is 5.84. The van der Waals surface area contributed by atoms with E-state index in [2.05, 4.69) is 31.2 Å². The first kappa shape index (κ1) is 20.0. The minimum Gasteiger partial charge on any atom is -0.352 e. The molecular formula is C23H31N5O. The Labute approximate surface area is 173 Å². The maximum Gasteiger partial charge on any atom is 0.224 e. The van der Waals surface area contributed by atoms with Crippen LogP contribution in [0.1, 0.15) is 36.8 Å². The lowest BCUT2D eigenvalue weighted by Crippen LogP contribution is -2.50. The van der Waals surface area contributed by atoms with Crippen molar-refractivity contribution in [2.75, 3.05) is 26.2 Å². The van der Waals surface area contributed by atoms with E-state index in [0.717, 1.165) is 51.1 Å². The van der Waals surface area contributed by atoms with Crippen LogP contribution in [0.5, 0.6) is 0 Å². The van der Waals surface area contributed by atoms with Crippen LogP contribution in [0.4, 0.5) is 0 Å². The van der Waals surface area contributed by atoms with Crippen molar-refractivity contribution < 1.29 is 4.79 Å². The molecule has 2 aliphatic heterocycles. The van der Waals surface area contributed by atoms with Gasteiger partial charge in [-0.15, -0.1) is 0 Å². The van der Waals surface area contributed by atoms with Crippen LogP contribution in [0.15, 0.2) is 49.1 Å². The van der Waals surface area contributed by atoms with Crippen molar-refractivity contribution in [3.8, 4) is 0 Å². The number of carbonyl (C=O) groups excluding carboxylic acids is 1. The third-order valence-electron chi connectivity index (χ3n) is 6.24. The van der Waals surface area contributed by atoms with Gasteiger partial charge < -0.3 is 5.32 Å². The van der Waals surface area contributed by atoms with Crippen LogP contribution < -0.4 is 5.32 Å². The van der Waals surface area contributed by atoms with Crippen molar-refractivity contribution in [3.63, 3.8) is 0 Å². The molecule has 0 aliphatic carbocycles. The molecule has 1 atom stereocenters. The molecule has 2 aromatic rings. The second kappa shape index (κ2) is 9.94. The third-order valence-corrected chi connectivity index (χ3v) is 6.24. The molecule has 2 aromatic heterocycles. The smallest absolute Gasteiger partial charge is 0.224 e. The molecule has 0 aromatic carbocycles. The molecule has 4 rings (SSSR count). The molecular weight excluding hydrogens is 362 g/mol. The molecule has 4 heterocycles. The molecule has 6 heteroatoms. The molecule has 2 saturated heterocycles. The Hall–Kier alpha value is -2.31. The van der Waals surface area contributed by atoms with E-state index >= 15 is 0 Å². The summed E-state index contributed by atoms with van der Waals surface area (Å²) < 4.78 is 0. The summed E-state index contributed by atoms with van der Waals surface area (Å²) in [5, 5.41) is 3.12. The Morgan fingerprint density at radius 3 is 2.59 bits per heavy atom. The van der Waals surface area contributed by atoms with E-state index in [1.165, 1.54) is 18.4 Å². The van der Waals surface area contributed by atoms with E-state index in [1.54, 1.807) is 12.4 Å². The van der Waals surface area contributed by atoms with Gasteiger partial charge in [0, 0.05) is 50.5 Å². The second-order valence-electron chi connectivity index (χ2n) is 8.28. The standard InChI is InChI=1S/C23H31N5O/c29-23(26-16-19-5-10-24-11-6-19)21-4-2-12-28(18-21)22-7-13-27(14-8-22)17-20-3-1-9-25-15-20/h1,3,5-6,9-11,15,21-22H,2,4,7-8,12-14,16-18H2,(H,26,29). The minimum atomic E-state index is 0.110. The van der Waals surface area contributed by atoms with E-state index in [1.807, 2.05) is 30.6 Å². The zero-order valence-electron chi connectivity index (χ0n) is 17.0. The van der Waals surface area contributed by atoms with E-state index in [4.69, 9.17) is 0 Å². The molecule has 2 aliphatic rings. The highest BCUT2D eigenvalue weighted by Gasteiger charge is 2.31. The number of aromatic nitrogens is 2. The highest BCUT2D eigenvalue weighted by atomic mass is 16.1. The fourth-order valence-corrected chi connectivity index (χ4v) is 4.58. The van der Waals surface area contributed by atoms with Crippen LogP contribution in [0.25, 0.3) is 0 Å². The molecule has 1 amide bonds. The quantitative estimate of drug-likeness (QED) is 0.817. The number of pyridine rings is 2. The first-order chi connectivity index (χ1) is 14.3. The van der Waals surface area contributed by atoms with Crippen molar-refractivity contribution in [2.45, 2.75) is 44.8 Å². The van der Waals surface area contributed by atoms with Crippen LogP contribution in [0.2, 0.25) is 0 Å². The lowest BCUT2D eigenvalue weighted by molar-refractivity contribution is -0.127. The van der Waals surface area contributed by atoms with Gasteiger partial charge in [-0.2, -0.15) is 0 Å². The summed E-state index contributed by atoms with van der Waals surface area (Å²) in [5.41, 5.74) is 2.39. The molecule has 0 bridgehead atoms. The monoisotopic (exact) mass is 393 g/mol. The van der Waals surface area contributed by atoms with Crippen LogP contribution >= 0.6 is 0 Å². The number of nitrogens with one attached hydrogen (secondary N) is 1. The molecule has 0 saturated carbocycles. The Morgan fingerprint density at radius 1 is 1.00 bits per heavy atom. The molecule has 1 unspecified atom stereocenters. The van der Waals surface area contributed by atoms with E-state index in [-0.39, 0.29) is 11.8 Å². The van der Waals surface area contributed by atoms with E-state index in [9.17, 15) is 4.79 Å². The number of piperidine rings is 2. The highest BCUT2D eigenvalue weighted by Crippen LogP contribution is 2.24. The molecule has 0 radical (unpaired) electrons. The van der Waals surface area contributed by atoms with Crippen LogP contribution in [-0.4, -0.2) is 57.9 Å². The average molecular weight is 394 g/mol. The van der Waals surface area contributed by atoms with Crippen molar-refractivity contribution in [3.05, 3.63) is 60.2 Å². The molecule has 2 fully saturated rings. The van der Waals surface area contributed by atoms with Gasteiger partial charge in [-0.25, -0.2) is 0 Å². The van der Waals surface area contributed by atoms with Gasteiger partial charge in [0.15, 0.2) is 0 Å². The van der Waals surface area contributed by atoms with Gasteiger partial charge in [-0.3, -0.25) is 24.6 Å². The second-order valence-corrected chi connectivity index (χ2v) is 8.28. The first-order valence-electron chi connectivity index (χ1n) is 10.8. The molecule has 29 heavy (non-hydrogen) atoms. The zero-order chi connectivity index (χ0) is 19.9. The highest BCUT2D eigenvalue weighted by molar-refractivity contribution is 5.78. The van der Waals surface area contributed by atoms with Crippen LogP contribution in [-0.2, 0) is 17.9 Å². The number of carbonyl (C=O) groups is 1. The predicted molar refractivity (Wildman–Crippen MR) is 113 cm³/mol. The molecule has 0 spiro atoms. The average Bonchev–Trinajstić information content (AvgIpc) is 2.79. The molecule has 6 nitrogen and oxygen atoms in total. The number of hydrogen-bond acceptors (Lipinski definition) is 5. The summed E-state index contributed by atoms with van der Waals surface area (Å²) in [5.74, 6) is 0.305. The summed E-state index contributed by atoms with van der Waals surface area (Å²) in [4.78, 5) is 26.0. The Kier molecular flexibility index (Phi) is 6.85. The van der Waals surface area contributed by atoms with E-state index < -0.39 is 0 Å². The van der Waals surface area contributed by atoms with Gasteiger partial charge in [0.05, 0.1) is 5.92 Å². The fourth-order valence-electron chi connectivity index (χ4n) is 4.58. The summed E-state index contributed by atoms with van der Waals surface area (Å²) in [7, 11) is 0. The van der Waals surface area contributed by atoms with Crippen molar-refractivity contribution in [1.82, 2.24) is 25.1 Å². The maximum atomic E-state index is 12.7. The van der Waals surface area contributed by atoms with E-state index in [0.29, 0.717) is 12.6 Å². The predicted octanol–water partition coefficient (Wildman–Crippen LogP) is 2.47. The maximum absolute atomic E-state index is 12.7. The van der Waals surface area contributed by atoms with Gasteiger partial charge in [0.2, 0.25) is 5.91 Å². The minimum absolute atomic E-state index is 0.110. The number of nitrogens with zero attached hydrogens (tertiary/aromatic N) is 4. The SMILES string of the molecule is O=C(NCc1ccncc1)C1CCCN(C2CCN(Cc3cccnc3)CC2)C1. The number of rotatable bonds is 6. The number of likely N-dealkylation sites (tertiary alicyclic amines) is 2. The topological polar surface area (TPSA) is 61.4 Å². The summed E-state index contributed by atoms with van der Waals surface area (Å²) >= 11 is 0. The number of hydrogen-bond donors (Lipinski definition) is 1. The first-order valence-corrected chi connectivity index (χ1v) is 10.8. The lowest BCUT2D eigenvalue weighted by atomic mass is 9.93. The van der Waals surface area contributed by atoms with Crippen LogP contribution in [0.3, 0.4) is 0 Å². The molecule has 154 valence electrons. The lowest BCUT2D eigenvalue weighted by Gasteiger charge is -2.42. The summed E-state index contributed by atoms with van der Waals surface area (Å²) in [6.07, 6.45) is 11.8. The van der Waals surface area contributed by atoms with Gasteiger partial charge >= 0.3 is 0 Å². The summed E-state index contributed by atoms with van der Waals surface area (Å²) in [6, 6.07) is 8.67. The largest absolute Gasteiger partial charge is 0.352 e. The van der Waals surface area contributed by atoms with Crippen molar-refractivity contribution in [2.24, 2.45) is 5.92 Å². The Morgan fingerprint density at radius 2 is 1.83 bits per heavy atom. The normalized spacial score (nSPS) is 21.7. The Balaban J connectivity index is 1.23. The van der Waals surface area contributed by atoms with Gasteiger partial charge in [-0.05, 0) is 74.6 Å². The van der Waals surface area contributed by atoms with Crippen molar-refractivity contribution in [1.29, 1.82) is 0 Å². The van der Waals surface area contributed by atoms with Gasteiger partial charge in [-0.1, -0.05) is 6.07 Å². The van der Waals surface area contributed by atoms with Gasteiger partial charge in [0.1, 0.15) is 0 Å². The number of amides is 1. The fraction of sp³-hybridized carbons (Fsp3) is 0.522. The molecule has 1 N–H and O–H groups in total. The third kappa shape index (κ3) is 5.61.